The molecule has 1 aliphatic heterocycles. The number of amides is 2. The summed E-state index contributed by atoms with van der Waals surface area (Å²) in [4.78, 5) is 29.0. The zero-order valence-electron chi connectivity index (χ0n) is 18.9. The quantitative estimate of drug-likeness (QED) is 0.557. The van der Waals surface area contributed by atoms with Gasteiger partial charge in [0.05, 0.1) is 13.4 Å². The van der Waals surface area contributed by atoms with Crippen molar-refractivity contribution in [3.8, 4) is 17.2 Å². The van der Waals surface area contributed by atoms with Gasteiger partial charge in [0.25, 0.3) is 5.91 Å². The summed E-state index contributed by atoms with van der Waals surface area (Å²) in [6.45, 7) is 0.104. The first-order chi connectivity index (χ1) is 16.6. The Bertz CT molecular complexity index is 1170. The minimum Gasteiger partial charge on any atom is -0.497 e. The summed E-state index contributed by atoms with van der Waals surface area (Å²) in [6.07, 6.45) is 5.43. The number of nitrogens with one attached hydrogen (secondary N) is 1. The molecule has 2 heterocycles. The van der Waals surface area contributed by atoms with Gasteiger partial charge in [-0.1, -0.05) is 25.0 Å². The molecule has 2 aliphatic rings. The molecule has 8 nitrogen and oxygen atoms in total. The highest BCUT2D eigenvalue weighted by Gasteiger charge is 2.36. The number of nitrogens with zero attached hydrogens (tertiary/aromatic N) is 1. The Morgan fingerprint density at radius 2 is 1.85 bits per heavy atom. The molecule has 0 unspecified atom stereocenters. The van der Waals surface area contributed by atoms with Gasteiger partial charge in [0.1, 0.15) is 11.8 Å². The van der Waals surface area contributed by atoms with E-state index in [1.807, 2.05) is 6.07 Å². The predicted octanol–water partition coefficient (Wildman–Crippen LogP) is 4.46. The molecule has 1 aromatic heterocycles. The molecule has 1 saturated carbocycles. The Morgan fingerprint density at radius 3 is 2.62 bits per heavy atom. The summed E-state index contributed by atoms with van der Waals surface area (Å²) in [5.41, 5.74) is 1.10. The average molecular weight is 463 g/mol. The molecule has 2 aromatic carbocycles. The van der Waals surface area contributed by atoms with Gasteiger partial charge in [-0.15, -0.1) is 0 Å². The highest BCUT2D eigenvalue weighted by molar-refractivity contribution is 6.08. The van der Waals surface area contributed by atoms with Crippen molar-refractivity contribution in [2.45, 2.75) is 37.8 Å². The molecule has 1 fully saturated rings. The second kappa shape index (κ2) is 9.51. The third kappa shape index (κ3) is 4.31. The molecule has 0 radical (unpaired) electrons. The number of hydrogen-bond acceptors (Lipinski definition) is 6. The second-order valence-corrected chi connectivity index (χ2v) is 8.36. The minimum absolute atomic E-state index is 0.0814. The van der Waals surface area contributed by atoms with Crippen LogP contribution in [-0.2, 0) is 4.79 Å². The maximum atomic E-state index is 13.8. The zero-order chi connectivity index (χ0) is 23.5. The summed E-state index contributed by atoms with van der Waals surface area (Å²) >= 11 is 0. The molecule has 1 atom stereocenters. The topological polar surface area (TPSA) is 90.2 Å². The van der Waals surface area contributed by atoms with E-state index in [-0.39, 0.29) is 24.5 Å². The largest absolute Gasteiger partial charge is 0.497 e. The van der Waals surface area contributed by atoms with E-state index in [9.17, 15) is 9.59 Å². The maximum absolute atomic E-state index is 13.8. The van der Waals surface area contributed by atoms with Crippen LogP contribution in [0.3, 0.4) is 0 Å². The molecular weight excluding hydrogens is 436 g/mol. The highest BCUT2D eigenvalue weighted by atomic mass is 16.7. The molecule has 1 N–H and O–H groups in total. The Kier molecular flexibility index (Phi) is 6.12. The maximum Gasteiger partial charge on any atom is 0.294 e. The molecule has 176 valence electrons. The lowest BCUT2D eigenvalue weighted by Gasteiger charge is -2.32. The molecular formula is C26H26N2O6. The predicted molar refractivity (Wildman–Crippen MR) is 124 cm³/mol. The lowest BCUT2D eigenvalue weighted by Crippen LogP contribution is -2.46. The Hall–Kier alpha value is -3.94. The van der Waals surface area contributed by atoms with Crippen LogP contribution in [0.5, 0.6) is 17.2 Å². The number of furan rings is 1. The number of carbonyl (C=O) groups is 2. The number of ether oxygens (including phenoxy) is 3. The van der Waals surface area contributed by atoms with Crippen molar-refractivity contribution in [2.75, 3.05) is 18.8 Å². The molecule has 34 heavy (non-hydrogen) atoms. The lowest BCUT2D eigenvalue weighted by atomic mass is 10.0. The second-order valence-electron chi connectivity index (χ2n) is 8.36. The third-order valence-electron chi connectivity index (χ3n) is 6.20. The van der Waals surface area contributed by atoms with E-state index in [1.54, 1.807) is 55.6 Å². The van der Waals surface area contributed by atoms with Gasteiger partial charge in [0, 0.05) is 17.8 Å². The first-order valence-electron chi connectivity index (χ1n) is 11.3. The standard InChI is InChI=1S/C26H26N2O6/c1-31-20-9-4-6-17(14-20)24(25(29)27-18-7-2-3-8-18)28(26(30)22-10-5-13-32-22)19-11-12-21-23(15-19)34-16-33-21/h4-6,9-15,18,24H,2-3,7-8,16H2,1H3,(H,27,29)/t24-/m1/s1. The smallest absolute Gasteiger partial charge is 0.294 e. The monoisotopic (exact) mass is 462 g/mol. The van der Waals surface area contributed by atoms with E-state index in [2.05, 4.69) is 5.32 Å². The average Bonchev–Trinajstić information content (AvgIpc) is 3.64. The van der Waals surface area contributed by atoms with E-state index in [4.69, 9.17) is 18.6 Å². The molecule has 5 rings (SSSR count). The molecule has 0 spiro atoms. The number of fused-ring (bicyclic) bond motifs is 1. The fourth-order valence-electron chi connectivity index (χ4n) is 4.52. The van der Waals surface area contributed by atoms with Crippen molar-refractivity contribution >= 4 is 17.5 Å². The Morgan fingerprint density at radius 1 is 1.03 bits per heavy atom. The summed E-state index contributed by atoms with van der Waals surface area (Å²) in [7, 11) is 1.57. The summed E-state index contributed by atoms with van der Waals surface area (Å²) in [6, 6.07) is 14.7. The van der Waals surface area contributed by atoms with Gasteiger partial charge in [0.15, 0.2) is 17.3 Å². The van der Waals surface area contributed by atoms with E-state index in [1.165, 1.54) is 11.2 Å². The zero-order valence-corrected chi connectivity index (χ0v) is 18.9. The van der Waals surface area contributed by atoms with Crippen molar-refractivity contribution in [3.63, 3.8) is 0 Å². The first kappa shape index (κ1) is 21.9. The fourth-order valence-corrected chi connectivity index (χ4v) is 4.52. The molecule has 8 heteroatoms. The SMILES string of the molecule is COc1cccc([C@H](C(=O)NC2CCCC2)N(C(=O)c2ccco2)c2ccc3c(c2)OCO3)c1. The molecule has 0 saturated heterocycles. The molecule has 2 amide bonds. The van der Waals surface area contributed by atoms with Crippen LogP contribution in [0.4, 0.5) is 5.69 Å². The van der Waals surface area contributed by atoms with Crippen molar-refractivity contribution in [3.05, 3.63) is 72.2 Å². The molecule has 3 aromatic rings. The Balaban J connectivity index is 1.62. The van der Waals surface area contributed by atoms with E-state index < -0.39 is 11.9 Å². The lowest BCUT2D eigenvalue weighted by molar-refractivity contribution is -0.123. The normalized spacial score (nSPS) is 15.7. The van der Waals surface area contributed by atoms with E-state index >= 15 is 0 Å². The first-order valence-corrected chi connectivity index (χ1v) is 11.3. The van der Waals surface area contributed by atoms with Crippen LogP contribution in [0, 0.1) is 0 Å². The van der Waals surface area contributed by atoms with Gasteiger partial charge < -0.3 is 23.9 Å². The number of hydrogen-bond donors (Lipinski definition) is 1. The van der Waals surface area contributed by atoms with Crippen LogP contribution in [-0.4, -0.2) is 31.8 Å². The number of anilines is 1. The van der Waals surface area contributed by atoms with Crippen molar-refractivity contribution < 1.29 is 28.2 Å². The molecule has 0 bridgehead atoms. The van der Waals surface area contributed by atoms with Crippen molar-refractivity contribution in [2.24, 2.45) is 0 Å². The van der Waals surface area contributed by atoms with Gasteiger partial charge in [-0.25, -0.2) is 0 Å². The van der Waals surface area contributed by atoms with Crippen molar-refractivity contribution in [1.29, 1.82) is 0 Å². The summed E-state index contributed by atoms with van der Waals surface area (Å²) in [5, 5.41) is 3.16. The van der Waals surface area contributed by atoms with Crippen LogP contribution in [0.15, 0.2) is 65.3 Å². The summed E-state index contributed by atoms with van der Waals surface area (Å²) < 4.78 is 21.8. The van der Waals surface area contributed by atoms with Gasteiger partial charge >= 0.3 is 0 Å². The van der Waals surface area contributed by atoms with Crippen LogP contribution < -0.4 is 24.4 Å². The van der Waals surface area contributed by atoms with Gasteiger partial charge in [-0.05, 0) is 54.8 Å². The number of carbonyl (C=O) groups excluding carboxylic acids is 2. The Labute approximate surface area is 197 Å². The molecule has 1 aliphatic carbocycles. The van der Waals surface area contributed by atoms with Gasteiger partial charge in [-0.3, -0.25) is 14.5 Å². The third-order valence-corrected chi connectivity index (χ3v) is 6.20. The van der Waals surface area contributed by atoms with E-state index in [0.717, 1.165) is 25.7 Å². The van der Waals surface area contributed by atoms with Gasteiger partial charge in [-0.2, -0.15) is 0 Å². The minimum atomic E-state index is -0.964. The number of rotatable bonds is 7. The number of benzene rings is 2. The number of methoxy groups -OCH3 is 1. The highest BCUT2D eigenvalue weighted by Crippen LogP contribution is 2.39. The van der Waals surface area contributed by atoms with Crippen molar-refractivity contribution in [1.82, 2.24) is 5.32 Å². The van der Waals surface area contributed by atoms with Gasteiger partial charge in [0.2, 0.25) is 12.7 Å². The fraction of sp³-hybridized carbons (Fsp3) is 0.308. The van der Waals surface area contributed by atoms with Crippen LogP contribution in [0.2, 0.25) is 0 Å². The van der Waals surface area contributed by atoms with Crippen LogP contribution in [0.1, 0.15) is 47.8 Å². The summed E-state index contributed by atoms with van der Waals surface area (Å²) in [5.74, 6) is 1.10. The van der Waals surface area contributed by atoms with E-state index in [0.29, 0.717) is 28.5 Å². The van der Waals surface area contributed by atoms with Crippen LogP contribution in [0.25, 0.3) is 0 Å². The van der Waals surface area contributed by atoms with Crippen LogP contribution >= 0.6 is 0 Å².